The number of pyridine rings is 1. The van der Waals surface area contributed by atoms with Gasteiger partial charge in [-0.15, -0.1) is 0 Å². The minimum absolute atomic E-state index is 0.178. The van der Waals surface area contributed by atoms with Crippen molar-refractivity contribution in [3.8, 4) is 5.75 Å². The van der Waals surface area contributed by atoms with Crippen LogP contribution in [0, 0.1) is 6.92 Å². The Morgan fingerprint density at radius 3 is 2.85 bits per heavy atom. The van der Waals surface area contributed by atoms with Crippen molar-refractivity contribution in [2.75, 3.05) is 6.73 Å². The summed E-state index contributed by atoms with van der Waals surface area (Å²) in [5.41, 5.74) is 5.87. The monoisotopic (exact) mass is 348 g/mol. The molecule has 0 saturated carbocycles. The fraction of sp³-hybridized carbons (Fsp3) is 0.333. The number of aryl methyl sites for hydroxylation is 2. The molecule has 2 aromatic heterocycles. The van der Waals surface area contributed by atoms with Crippen LogP contribution in [0.1, 0.15) is 34.2 Å². The van der Waals surface area contributed by atoms with E-state index in [1.54, 1.807) is 0 Å². The predicted octanol–water partition coefficient (Wildman–Crippen LogP) is 3.34. The van der Waals surface area contributed by atoms with Gasteiger partial charge < -0.3 is 9.15 Å². The number of hydrogen-bond acceptors (Lipinski definition) is 5. The molecular weight excluding hydrogens is 328 g/mol. The maximum atomic E-state index is 12.3. The summed E-state index contributed by atoms with van der Waals surface area (Å²) >= 11 is 0. The van der Waals surface area contributed by atoms with Crippen LogP contribution in [-0.2, 0) is 25.9 Å². The maximum absolute atomic E-state index is 12.3. The zero-order valence-electron chi connectivity index (χ0n) is 14.7. The standard InChI is InChI=1S/C21H20N2O3/c1-13-19-15(11-23(12-25-19)10-14-5-7-22-8-6-14)9-18-16-3-2-4-17(16)21(24)26-20(13)18/h5-9H,2-4,10-12H2,1H3. The summed E-state index contributed by atoms with van der Waals surface area (Å²) < 4.78 is 11.7. The Labute approximate surface area is 151 Å². The van der Waals surface area contributed by atoms with Crippen molar-refractivity contribution in [3.05, 3.63) is 68.8 Å². The SMILES string of the molecule is Cc1c2c(cc3c4c(c(=O)oc13)CCC4)CN(Cc1ccncc1)CO2. The van der Waals surface area contributed by atoms with Crippen molar-refractivity contribution < 1.29 is 9.15 Å². The molecule has 0 bridgehead atoms. The minimum Gasteiger partial charge on any atom is -0.477 e. The molecule has 1 aliphatic heterocycles. The summed E-state index contributed by atoms with van der Waals surface area (Å²) in [6.45, 7) is 4.16. The lowest BCUT2D eigenvalue weighted by molar-refractivity contribution is 0.0881. The summed E-state index contributed by atoms with van der Waals surface area (Å²) in [5, 5.41) is 1.09. The summed E-state index contributed by atoms with van der Waals surface area (Å²) in [6.07, 6.45) is 6.44. The van der Waals surface area contributed by atoms with Gasteiger partial charge in [-0.2, -0.15) is 0 Å². The van der Waals surface area contributed by atoms with Crippen LogP contribution in [0.15, 0.2) is 39.8 Å². The molecule has 0 amide bonds. The molecule has 0 fully saturated rings. The van der Waals surface area contributed by atoms with Crippen molar-refractivity contribution in [2.24, 2.45) is 0 Å². The molecule has 0 N–H and O–H groups in total. The Kier molecular flexibility index (Phi) is 3.57. The van der Waals surface area contributed by atoms with E-state index in [-0.39, 0.29) is 5.63 Å². The Balaban J connectivity index is 1.57. The molecule has 3 heterocycles. The molecule has 0 spiro atoms. The minimum atomic E-state index is -0.178. The molecule has 0 radical (unpaired) electrons. The van der Waals surface area contributed by atoms with Crippen LogP contribution < -0.4 is 10.4 Å². The molecule has 3 aromatic rings. The van der Waals surface area contributed by atoms with Crippen molar-refractivity contribution in [3.63, 3.8) is 0 Å². The van der Waals surface area contributed by atoms with Crippen molar-refractivity contribution in [1.82, 2.24) is 9.88 Å². The molecular formula is C21H20N2O3. The number of hydrogen-bond donors (Lipinski definition) is 0. The average molecular weight is 348 g/mol. The second-order valence-electron chi connectivity index (χ2n) is 7.18. The number of rotatable bonds is 2. The third kappa shape index (κ3) is 2.42. The van der Waals surface area contributed by atoms with Gasteiger partial charge in [-0.25, -0.2) is 4.79 Å². The van der Waals surface area contributed by atoms with Crippen LogP contribution in [0.25, 0.3) is 11.0 Å². The van der Waals surface area contributed by atoms with E-state index in [0.717, 1.165) is 54.6 Å². The third-order valence-corrected chi connectivity index (χ3v) is 5.46. The molecule has 2 aliphatic rings. The summed E-state index contributed by atoms with van der Waals surface area (Å²) in [6, 6.07) is 6.23. The lowest BCUT2D eigenvalue weighted by Crippen LogP contribution is -2.32. The first-order chi connectivity index (χ1) is 12.7. The number of benzene rings is 1. The van der Waals surface area contributed by atoms with E-state index in [0.29, 0.717) is 12.3 Å². The van der Waals surface area contributed by atoms with Crippen molar-refractivity contribution in [1.29, 1.82) is 0 Å². The van der Waals surface area contributed by atoms with Gasteiger partial charge in [0.25, 0.3) is 0 Å². The summed E-state index contributed by atoms with van der Waals surface area (Å²) in [5.74, 6) is 0.865. The zero-order valence-corrected chi connectivity index (χ0v) is 14.7. The molecule has 5 heteroatoms. The quantitative estimate of drug-likeness (QED) is 0.665. The Bertz CT molecular complexity index is 1060. The average Bonchev–Trinajstić information content (AvgIpc) is 3.15. The fourth-order valence-corrected chi connectivity index (χ4v) is 4.24. The lowest BCUT2D eigenvalue weighted by atomic mass is 9.99. The van der Waals surface area contributed by atoms with Gasteiger partial charge in [-0.05, 0) is 55.5 Å². The zero-order chi connectivity index (χ0) is 17.7. The normalized spacial score (nSPS) is 16.3. The van der Waals surface area contributed by atoms with E-state index < -0.39 is 0 Å². The highest BCUT2D eigenvalue weighted by Gasteiger charge is 2.26. The number of aromatic nitrogens is 1. The first kappa shape index (κ1) is 15.6. The second kappa shape index (κ2) is 5.95. The Morgan fingerprint density at radius 1 is 1.19 bits per heavy atom. The highest BCUT2D eigenvalue weighted by atomic mass is 16.5. The number of ether oxygens (including phenoxy) is 1. The Hall–Kier alpha value is -2.66. The van der Waals surface area contributed by atoms with Gasteiger partial charge in [-0.3, -0.25) is 9.88 Å². The van der Waals surface area contributed by atoms with E-state index in [1.165, 1.54) is 16.7 Å². The fourth-order valence-electron chi connectivity index (χ4n) is 4.24. The first-order valence-electron chi connectivity index (χ1n) is 9.06. The molecule has 26 heavy (non-hydrogen) atoms. The maximum Gasteiger partial charge on any atom is 0.339 e. The van der Waals surface area contributed by atoms with Gasteiger partial charge in [0.05, 0.1) is 0 Å². The van der Waals surface area contributed by atoms with Gasteiger partial charge in [0.15, 0.2) is 0 Å². The summed E-state index contributed by atoms with van der Waals surface area (Å²) in [7, 11) is 0. The van der Waals surface area contributed by atoms with Crippen molar-refractivity contribution >= 4 is 11.0 Å². The van der Waals surface area contributed by atoms with E-state index in [2.05, 4.69) is 16.0 Å². The first-order valence-corrected chi connectivity index (χ1v) is 9.06. The molecule has 1 aromatic carbocycles. The van der Waals surface area contributed by atoms with Gasteiger partial charge in [0.2, 0.25) is 0 Å². The van der Waals surface area contributed by atoms with E-state index in [1.807, 2.05) is 31.5 Å². The second-order valence-corrected chi connectivity index (χ2v) is 7.18. The van der Waals surface area contributed by atoms with Gasteiger partial charge in [-0.1, -0.05) is 0 Å². The topological polar surface area (TPSA) is 55.6 Å². The lowest BCUT2D eigenvalue weighted by Gasteiger charge is -2.30. The Morgan fingerprint density at radius 2 is 2.00 bits per heavy atom. The molecule has 5 rings (SSSR count). The molecule has 1 aliphatic carbocycles. The van der Waals surface area contributed by atoms with Crippen molar-refractivity contribution in [2.45, 2.75) is 39.3 Å². The molecule has 0 saturated heterocycles. The van der Waals surface area contributed by atoms with E-state index >= 15 is 0 Å². The van der Waals surface area contributed by atoms with Crippen LogP contribution in [0.3, 0.4) is 0 Å². The highest BCUT2D eigenvalue weighted by Crippen LogP contribution is 2.38. The van der Waals surface area contributed by atoms with Crippen LogP contribution in [-0.4, -0.2) is 16.6 Å². The smallest absolute Gasteiger partial charge is 0.339 e. The summed E-state index contributed by atoms with van der Waals surface area (Å²) in [4.78, 5) is 18.6. The van der Waals surface area contributed by atoms with Crippen LogP contribution in [0.5, 0.6) is 5.75 Å². The molecule has 5 nitrogen and oxygen atoms in total. The van der Waals surface area contributed by atoms with Crippen LogP contribution in [0.2, 0.25) is 0 Å². The largest absolute Gasteiger partial charge is 0.477 e. The van der Waals surface area contributed by atoms with Crippen LogP contribution >= 0.6 is 0 Å². The number of fused-ring (bicyclic) bond motifs is 4. The molecule has 0 unspecified atom stereocenters. The van der Waals surface area contributed by atoms with Gasteiger partial charge in [0, 0.05) is 47.6 Å². The highest BCUT2D eigenvalue weighted by molar-refractivity contribution is 5.87. The third-order valence-electron chi connectivity index (χ3n) is 5.46. The molecule has 132 valence electrons. The molecule has 0 atom stereocenters. The van der Waals surface area contributed by atoms with Crippen LogP contribution in [0.4, 0.5) is 0 Å². The predicted molar refractivity (Wildman–Crippen MR) is 98.2 cm³/mol. The number of nitrogens with zero attached hydrogens (tertiary/aromatic N) is 2. The van der Waals surface area contributed by atoms with E-state index in [4.69, 9.17) is 9.15 Å². The van der Waals surface area contributed by atoms with E-state index in [9.17, 15) is 4.79 Å². The van der Waals surface area contributed by atoms with Gasteiger partial charge >= 0.3 is 5.63 Å². The van der Waals surface area contributed by atoms with Gasteiger partial charge in [0.1, 0.15) is 18.1 Å².